The van der Waals surface area contributed by atoms with Gasteiger partial charge in [0, 0.05) is 62.8 Å². The van der Waals surface area contributed by atoms with E-state index >= 15 is 0 Å². The van der Waals surface area contributed by atoms with Crippen molar-refractivity contribution in [3.8, 4) is 0 Å². The number of amides is 2. The molecule has 0 atom stereocenters. The van der Waals surface area contributed by atoms with Crippen LogP contribution in [0.25, 0.3) is 0 Å². The number of piperazine rings is 1. The van der Waals surface area contributed by atoms with Gasteiger partial charge in [-0.3, -0.25) is 14.5 Å². The Morgan fingerprint density at radius 3 is 2.15 bits per heavy atom. The van der Waals surface area contributed by atoms with Crippen molar-refractivity contribution in [3.63, 3.8) is 0 Å². The molecule has 1 aliphatic heterocycles. The van der Waals surface area contributed by atoms with Crippen LogP contribution in [0.4, 0.5) is 4.39 Å². The van der Waals surface area contributed by atoms with Crippen LogP contribution in [-0.4, -0.2) is 65.8 Å². The van der Waals surface area contributed by atoms with Gasteiger partial charge in [-0.15, -0.1) is 0 Å². The van der Waals surface area contributed by atoms with E-state index in [1.54, 1.807) is 36.4 Å². The Labute approximate surface area is 201 Å². The van der Waals surface area contributed by atoms with Gasteiger partial charge >= 0.3 is 0 Å². The third-order valence-corrected chi connectivity index (χ3v) is 6.01. The minimum absolute atomic E-state index is 0.0182. The molecule has 2 aromatic carbocycles. The first kappa shape index (κ1) is 25.2. The first-order chi connectivity index (χ1) is 15.6. The fourth-order valence-corrected chi connectivity index (χ4v) is 4.01. The van der Waals surface area contributed by atoms with Gasteiger partial charge in [0.15, 0.2) is 0 Å². The fourth-order valence-electron chi connectivity index (χ4n) is 3.88. The van der Waals surface area contributed by atoms with Crippen LogP contribution in [0, 0.1) is 11.2 Å². The van der Waals surface area contributed by atoms with Gasteiger partial charge in [0.25, 0.3) is 5.91 Å². The van der Waals surface area contributed by atoms with Crippen LogP contribution in [0.2, 0.25) is 5.02 Å². The lowest BCUT2D eigenvalue weighted by Crippen LogP contribution is -2.50. The maximum Gasteiger partial charge on any atom is 0.253 e. The first-order valence-corrected chi connectivity index (χ1v) is 11.8. The van der Waals surface area contributed by atoms with E-state index in [2.05, 4.69) is 25.7 Å². The van der Waals surface area contributed by atoms with E-state index in [9.17, 15) is 14.0 Å². The lowest BCUT2D eigenvalue weighted by molar-refractivity contribution is -0.134. The van der Waals surface area contributed by atoms with Crippen LogP contribution in [0.3, 0.4) is 0 Å². The number of halogens is 2. The van der Waals surface area contributed by atoms with Gasteiger partial charge in [0.1, 0.15) is 5.82 Å². The van der Waals surface area contributed by atoms with E-state index in [1.807, 2.05) is 9.80 Å². The van der Waals surface area contributed by atoms with E-state index in [0.717, 1.165) is 25.2 Å². The predicted octanol–water partition coefficient (Wildman–Crippen LogP) is 4.70. The Balaban J connectivity index is 1.55. The summed E-state index contributed by atoms with van der Waals surface area (Å²) in [4.78, 5) is 31.7. The van der Waals surface area contributed by atoms with Crippen molar-refractivity contribution >= 4 is 23.4 Å². The van der Waals surface area contributed by atoms with Crippen LogP contribution in [-0.2, 0) is 11.3 Å². The van der Waals surface area contributed by atoms with Crippen LogP contribution in [0.15, 0.2) is 48.5 Å². The van der Waals surface area contributed by atoms with Gasteiger partial charge in [0.05, 0.1) is 0 Å². The summed E-state index contributed by atoms with van der Waals surface area (Å²) in [5.74, 6) is -0.162. The third kappa shape index (κ3) is 7.83. The Morgan fingerprint density at radius 2 is 1.58 bits per heavy atom. The molecular formula is C26H33ClFN3O2. The smallest absolute Gasteiger partial charge is 0.253 e. The van der Waals surface area contributed by atoms with Crippen LogP contribution in [0.5, 0.6) is 0 Å². The predicted molar refractivity (Wildman–Crippen MR) is 130 cm³/mol. The van der Waals surface area contributed by atoms with Crippen molar-refractivity contribution in [1.29, 1.82) is 0 Å². The largest absolute Gasteiger partial charge is 0.337 e. The summed E-state index contributed by atoms with van der Waals surface area (Å²) in [5, 5.41) is 0.613. The zero-order valence-electron chi connectivity index (χ0n) is 19.7. The Bertz CT molecular complexity index is 934. The standard InChI is InChI=1S/C26H33ClFN3O2/c1-26(2,3)18-24(32)31(19-20-4-10-23(28)11-5-20)17-14-29-12-15-30(16-13-29)25(33)21-6-8-22(27)9-7-21/h4-11H,12-19H2,1-3H3. The molecule has 0 radical (unpaired) electrons. The zero-order valence-corrected chi connectivity index (χ0v) is 20.4. The molecule has 2 aromatic rings. The number of hydrogen-bond acceptors (Lipinski definition) is 3. The quantitative estimate of drug-likeness (QED) is 0.585. The molecule has 0 N–H and O–H groups in total. The molecular weight excluding hydrogens is 441 g/mol. The molecule has 33 heavy (non-hydrogen) atoms. The first-order valence-electron chi connectivity index (χ1n) is 11.4. The van der Waals surface area contributed by atoms with E-state index in [0.29, 0.717) is 43.2 Å². The number of rotatable bonds is 7. The topological polar surface area (TPSA) is 43.9 Å². The zero-order chi connectivity index (χ0) is 24.0. The molecule has 5 nitrogen and oxygen atoms in total. The number of carbonyl (C=O) groups is 2. The van der Waals surface area contributed by atoms with Gasteiger partial charge in [0.2, 0.25) is 5.91 Å². The number of hydrogen-bond donors (Lipinski definition) is 0. The highest BCUT2D eigenvalue weighted by Gasteiger charge is 2.25. The minimum atomic E-state index is -0.280. The van der Waals surface area contributed by atoms with Crippen LogP contribution >= 0.6 is 11.6 Å². The van der Waals surface area contributed by atoms with Gasteiger partial charge in [-0.05, 0) is 47.4 Å². The molecule has 1 saturated heterocycles. The SMILES string of the molecule is CC(C)(C)CC(=O)N(CCN1CCN(C(=O)c2ccc(Cl)cc2)CC1)Cc1ccc(F)cc1. The fraction of sp³-hybridized carbons (Fsp3) is 0.462. The monoisotopic (exact) mass is 473 g/mol. The summed E-state index contributed by atoms with van der Waals surface area (Å²) < 4.78 is 13.3. The summed E-state index contributed by atoms with van der Waals surface area (Å²) in [6, 6.07) is 13.3. The Morgan fingerprint density at radius 1 is 0.970 bits per heavy atom. The molecule has 0 aliphatic carbocycles. The average molecular weight is 474 g/mol. The average Bonchev–Trinajstić information content (AvgIpc) is 2.77. The van der Waals surface area contributed by atoms with E-state index in [-0.39, 0.29) is 23.0 Å². The van der Waals surface area contributed by atoms with Crippen molar-refractivity contribution in [2.24, 2.45) is 5.41 Å². The molecule has 178 valence electrons. The van der Waals surface area contributed by atoms with Gasteiger partial charge in [-0.1, -0.05) is 44.5 Å². The van der Waals surface area contributed by atoms with E-state index < -0.39 is 0 Å². The lowest BCUT2D eigenvalue weighted by atomic mass is 9.91. The molecule has 1 fully saturated rings. The molecule has 1 heterocycles. The van der Waals surface area contributed by atoms with Gasteiger partial charge in [-0.2, -0.15) is 0 Å². The molecule has 2 amide bonds. The van der Waals surface area contributed by atoms with Crippen molar-refractivity contribution in [1.82, 2.24) is 14.7 Å². The summed E-state index contributed by atoms with van der Waals surface area (Å²) >= 11 is 5.92. The second kappa shape index (κ2) is 11.1. The summed E-state index contributed by atoms with van der Waals surface area (Å²) in [6.45, 7) is 10.8. The van der Waals surface area contributed by atoms with E-state index in [1.165, 1.54) is 12.1 Å². The molecule has 7 heteroatoms. The number of benzene rings is 2. The normalized spacial score (nSPS) is 14.9. The minimum Gasteiger partial charge on any atom is -0.337 e. The van der Waals surface area contributed by atoms with Crippen LogP contribution < -0.4 is 0 Å². The van der Waals surface area contributed by atoms with Gasteiger partial charge in [-0.25, -0.2) is 4.39 Å². The summed E-state index contributed by atoms with van der Waals surface area (Å²) in [7, 11) is 0. The molecule has 1 aliphatic rings. The molecule has 0 unspecified atom stereocenters. The molecule has 3 rings (SSSR count). The second-order valence-electron chi connectivity index (χ2n) is 9.82. The highest BCUT2D eigenvalue weighted by atomic mass is 35.5. The maximum atomic E-state index is 13.3. The van der Waals surface area contributed by atoms with Crippen molar-refractivity contribution in [3.05, 3.63) is 70.5 Å². The molecule has 0 aromatic heterocycles. The second-order valence-corrected chi connectivity index (χ2v) is 10.3. The van der Waals surface area contributed by atoms with Crippen molar-refractivity contribution in [2.45, 2.75) is 33.7 Å². The molecule has 0 saturated carbocycles. The number of carbonyl (C=O) groups excluding carboxylic acids is 2. The Hall–Kier alpha value is -2.44. The van der Waals surface area contributed by atoms with Crippen molar-refractivity contribution in [2.75, 3.05) is 39.3 Å². The maximum absolute atomic E-state index is 13.3. The summed E-state index contributed by atoms with van der Waals surface area (Å²) in [6.07, 6.45) is 0.456. The molecule has 0 bridgehead atoms. The van der Waals surface area contributed by atoms with Crippen molar-refractivity contribution < 1.29 is 14.0 Å². The lowest BCUT2D eigenvalue weighted by Gasteiger charge is -2.36. The Kier molecular flexibility index (Phi) is 8.49. The highest BCUT2D eigenvalue weighted by Crippen LogP contribution is 2.21. The van der Waals surface area contributed by atoms with E-state index in [4.69, 9.17) is 11.6 Å². The third-order valence-electron chi connectivity index (χ3n) is 5.76. The van der Waals surface area contributed by atoms with Gasteiger partial charge < -0.3 is 9.80 Å². The summed E-state index contributed by atoms with van der Waals surface area (Å²) in [5.41, 5.74) is 1.45. The number of nitrogens with zero attached hydrogens (tertiary/aromatic N) is 3. The molecule has 0 spiro atoms. The van der Waals surface area contributed by atoms with Crippen LogP contribution in [0.1, 0.15) is 43.1 Å². The highest BCUT2D eigenvalue weighted by molar-refractivity contribution is 6.30.